The largest absolute Gasteiger partial charge is 0.282 e. The summed E-state index contributed by atoms with van der Waals surface area (Å²) in [7, 11) is 0. The van der Waals surface area contributed by atoms with Crippen LogP contribution in [0.2, 0.25) is 5.15 Å². The van der Waals surface area contributed by atoms with Crippen LogP contribution < -0.4 is 0 Å². The first-order chi connectivity index (χ1) is 10.5. The van der Waals surface area contributed by atoms with Crippen molar-refractivity contribution in [2.45, 2.75) is 31.6 Å². The van der Waals surface area contributed by atoms with Crippen LogP contribution >= 0.6 is 23.4 Å². The van der Waals surface area contributed by atoms with Crippen molar-refractivity contribution in [3.05, 3.63) is 41.1 Å². The number of hydrogen-bond acceptors (Lipinski definition) is 4. The Morgan fingerprint density at radius 2 is 2.00 bits per heavy atom. The van der Waals surface area contributed by atoms with Gasteiger partial charge >= 0.3 is 0 Å². The van der Waals surface area contributed by atoms with Crippen LogP contribution in [0, 0.1) is 6.92 Å². The lowest BCUT2D eigenvalue weighted by molar-refractivity contribution is 0.859. The molecule has 0 radical (unpaired) electrons. The maximum absolute atomic E-state index is 6.17. The van der Waals surface area contributed by atoms with E-state index in [1.807, 2.05) is 11.5 Å². The smallest absolute Gasteiger partial charge is 0.169 e. The van der Waals surface area contributed by atoms with Crippen molar-refractivity contribution in [2.24, 2.45) is 0 Å². The molecule has 2 aromatic heterocycles. The monoisotopic (exact) mass is 332 g/mol. The van der Waals surface area contributed by atoms with E-state index in [9.17, 15) is 0 Å². The van der Waals surface area contributed by atoms with E-state index in [1.165, 1.54) is 10.5 Å². The van der Waals surface area contributed by atoms with Crippen LogP contribution in [0.25, 0.3) is 16.9 Å². The van der Waals surface area contributed by atoms with Gasteiger partial charge in [0, 0.05) is 4.90 Å². The first kappa shape index (κ1) is 15.3. The SMILES string of the molecule is CSc1cc(C(C)C)ccc1-n1cnc2c(Cl)nc(C)nc21. The van der Waals surface area contributed by atoms with Crippen LogP contribution in [0.1, 0.15) is 31.2 Å². The summed E-state index contributed by atoms with van der Waals surface area (Å²) in [4.78, 5) is 14.2. The Kier molecular flexibility index (Phi) is 4.10. The molecule has 6 heteroatoms. The molecule has 0 bridgehead atoms. The third kappa shape index (κ3) is 2.59. The first-order valence-electron chi connectivity index (χ1n) is 7.06. The lowest BCUT2D eigenvalue weighted by Gasteiger charge is -2.13. The average Bonchev–Trinajstić information content (AvgIpc) is 2.90. The molecule has 114 valence electrons. The molecule has 0 atom stereocenters. The van der Waals surface area contributed by atoms with Crippen molar-refractivity contribution < 1.29 is 0 Å². The third-order valence-corrected chi connectivity index (χ3v) is 4.63. The predicted octanol–water partition coefficient (Wildman–Crippen LogP) is 4.62. The third-order valence-electron chi connectivity index (χ3n) is 3.60. The van der Waals surface area contributed by atoms with Crippen molar-refractivity contribution in [1.82, 2.24) is 19.5 Å². The Hall–Kier alpha value is -1.59. The second-order valence-corrected chi connectivity index (χ2v) is 6.64. The zero-order chi connectivity index (χ0) is 15.9. The fraction of sp³-hybridized carbons (Fsp3) is 0.312. The van der Waals surface area contributed by atoms with Crippen LogP contribution in [0.3, 0.4) is 0 Å². The fourth-order valence-electron chi connectivity index (χ4n) is 2.40. The Morgan fingerprint density at radius 3 is 2.68 bits per heavy atom. The van der Waals surface area contributed by atoms with Crippen LogP contribution in [0.15, 0.2) is 29.4 Å². The summed E-state index contributed by atoms with van der Waals surface area (Å²) >= 11 is 7.89. The minimum absolute atomic E-state index is 0.394. The number of rotatable bonds is 3. The van der Waals surface area contributed by atoms with Crippen molar-refractivity contribution in [1.29, 1.82) is 0 Å². The summed E-state index contributed by atoms with van der Waals surface area (Å²) in [6.07, 6.45) is 3.84. The highest BCUT2D eigenvalue weighted by Gasteiger charge is 2.14. The number of hydrogen-bond donors (Lipinski definition) is 0. The van der Waals surface area contributed by atoms with Gasteiger partial charge in [0.15, 0.2) is 10.8 Å². The van der Waals surface area contributed by atoms with Gasteiger partial charge in [-0.1, -0.05) is 31.5 Å². The molecule has 0 fully saturated rings. The molecule has 0 unspecified atom stereocenters. The predicted molar refractivity (Wildman–Crippen MR) is 92.3 cm³/mol. The molecule has 0 amide bonds. The second-order valence-electron chi connectivity index (χ2n) is 5.43. The molecular weight excluding hydrogens is 316 g/mol. The van der Waals surface area contributed by atoms with E-state index in [-0.39, 0.29) is 0 Å². The van der Waals surface area contributed by atoms with Crippen LogP contribution in [-0.4, -0.2) is 25.8 Å². The lowest BCUT2D eigenvalue weighted by atomic mass is 10.0. The fourth-order valence-corrected chi connectivity index (χ4v) is 3.28. The van der Waals surface area contributed by atoms with Gasteiger partial charge in [-0.2, -0.15) is 0 Å². The average molecular weight is 333 g/mol. The number of benzene rings is 1. The highest BCUT2D eigenvalue weighted by atomic mass is 35.5. The van der Waals surface area contributed by atoms with E-state index in [2.05, 4.69) is 53.3 Å². The van der Waals surface area contributed by atoms with E-state index in [0.717, 1.165) is 11.3 Å². The van der Waals surface area contributed by atoms with Gasteiger partial charge in [-0.05, 0) is 36.8 Å². The summed E-state index contributed by atoms with van der Waals surface area (Å²) < 4.78 is 1.98. The van der Waals surface area contributed by atoms with Crippen molar-refractivity contribution >= 4 is 34.5 Å². The minimum Gasteiger partial charge on any atom is -0.282 e. The van der Waals surface area contributed by atoms with Gasteiger partial charge in [0.05, 0.1) is 5.69 Å². The normalized spacial score (nSPS) is 11.5. The molecule has 3 aromatic rings. The lowest BCUT2D eigenvalue weighted by Crippen LogP contribution is -2.00. The first-order valence-corrected chi connectivity index (χ1v) is 8.67. The molecule has 4 nitrogen and oxygen atoms in total. The van der Waals surface area contributed by atoms with Gasteiger partial charge in [0.1, 0.15) is 17.7 Å². The second kappa shape index (κ2) is 5.89. The molecule has 1 aromatic carbocycles. The summed E-state index contributed by atoms with van der Waals surface area (Å²) in [5, 5.41) is 0.394. The Labute approximate surface area is 138 Å². The summed E-state index contributed by atoms with van der Waals surface area (Å²) in [5.74, 6) is 1.14. The standard InChI is InChI=1S/C16H17ClN4S/c1-9(2)11-5-6-12(13(7-11)22-4)21-8-18-14-15(17)19-10(3)20-16(14)21/h5-9H,1-4H3. The molecule has 0 aliphatic carbocycles. The topological polar surface area (TPSA) is 43.6 Å². The van der Waals surface area contributed by atoms with Gasteiger partial charge in [-0.25, -0.2) is 15.0 Å². The Balaban J connectivity index is 2.23. The maximum Gasteiger partial charge on any atom is 0.169 e. The van der Waals surface area contributed by atoms with E-state index >= 15 is 0 Å². The number of thioether (sulfide) groups is 1. The maximum atomic E-state index is 6.17. The Bertz CT molecular complexity index is 842. The van der Waals surface area contributed by atoms with E-state index in [0.29, 0.717) is 22.4 Å². The molecular formula is C16H17ClN4S. The van der Waals surface area contributed by atoms with E-state index in [4.69, 9.17) is 11.6 Å². The van der Waals surface area contributed by atoms with E-state index < -0.39 is 0 Å². The highest BCUT2D eigenvalue weighted by molar-refractivity contribution is 7.98. The number of fused-ring (bicyclic) bond motifs is 1. The molecule has 22 heavy (non-hydrogen) atoms. The van der Waals surface area contributed by atoms with Crippen molar-refractivity contribution in [3.63, 3.8) is 0 Å². The van der Waals surface area contributed by atoms with Gasteiger partial charge in [-0.15, -0.1) is 11.8 Å². The van der Waals surface area contributed by atoms with Gasteiger partial charge < -0.3 is 0 Å². The number of nitrogens with zero attached hydrogens (tertiary/aromatic N) is 4. The molecule has 0 saturated heterocycles. The molecule has 0 aliphatic heterocycles. The highest BCUT2D eigenvalue weighted by Crippen LogP contribution is 2.30. The summed E-state index contributed by atoms with van der Waals surface area (Å²) in [6, 6.07) is 6.50. The van der Waals surface area contributed by atoms with Gasteiger partial charge in [0.2, 0.25) is 0 Å². The van der Waals surface area contributed by atoms with Crippen LogP contribution in [-0.2, 0) is 0 Å². The zero-order valence-electron chi connectivity index (χ0n) is 13.0. The molecule has 0 saturated carbocycles. The van der Waals surface area contributed by atoms with Crippen LogP contribution in [0.4, 0.5) is 0 Å². The number of imidazole rings is 1. The van der Waals surface area contributed by atoms with Crippen molar-refractivity contribution in [3.8, 4) is 5.69 Å². The molecule has 2 heterocycles. The van der Waals surface area contributed by atoms with Gasteiger partial charge in [0.25, 0.3) is 0 Å². The van der Waals surface area contributed by atoms with Crippen LogP contribution in [0.5, 0.6) is 0 Å². The summed E-state index contributed by atoms with van der Waals surface area (Å²) in [5.41, 5.74) is 3.76. The number of aryl methyl sites for hydroxylation is 1. The molecule has 3 rings (SSSR count). The van der Waals surface area contributed by atoms with Crippen molar-refractivity contribution in [2.75, 3.05) is 6.26 Å². The summed E-state index contributed by atoms with van der Waals surface area (Å²) in [6.45, 7) is 6.23. The zero-order valence-corrected chi connectivity index (χ0v) is 14.5. The molecule has 0 N–H and O–H groups in total. The van der Waals surface area contributed by atoms with E-state index in [1.54, 1.807) is 18.1 Å². The minimum atomic E-state index is 0.394. The quantitative estimate of drug-likeness (QED) is 0.518. The Morgan fingerprint density at radius 1 is 1.23 bits per heavy atom. The number of aromatic nitrogens is 4. The number of halogens is 1. The molecule has 0 spiro atoms. The molecule has 0 aliphatic rings. The van der Waals surface area contributed by atoms with Gasteiger partial charge in [-0.3, -0.25) is 4.57 Å².